The Balaban J connectivity index is 2.60. The summed E-state index contributed by atoms with van der Waals surface area (Å²) in [5.74, 6) is 0. The molecule has 0 N–H and O–H groups in total. The molecule has 16 heavy (non-hydrogen) atoms. The first-order chi connectivity index (χ1) is 7.57. The van der Waals surface area contributed by atoms with Crippen molar-refractivity contribution in [2.75, 3.05) is 20.9 Å². The smallest absolute Gasteiger partial charge is 0.114 e. The zero-order valence-corrected chi connectivity index (χ0v) is 11.0. The van der Waals surface area contributed by atoms with Crippen molar-refractivity contribution < 1.29 is 13.8 Å². The van der Waals surface area contributed by atoms with Crippen molar-refractivity contribution in [3.63, 3.8) is 0 Å². The van der Waals surface area contributed by atoms with Crippen LogP contribution in [-0.4, -0.2) is 27.2 Å². The molecule has 1 unspecified atom stereocenters. The van der Waals surface area contributed by atoms with E-state index in [0.717, 1.165) is 11.1 Å². The van der Waals surface area contributed by atoms with Crippen molar-refractivity contribution in [2.24, 2.45) is 0 Å². The lowest BCUT2D eigenvalue weighted by Crippen LogP contribution is -1.95. The van der Waals surface area contributed by atoms with E-state index in [1.165, 1.54) is 0 Å². The molecular formula is C12H19O3P. The van der Waals surface area contributed by atoms with Gasteiger partial charge in [0.05, 0.1) is 13.2 Å². The highest BCUT2D eigenvalue weighted by atomic mass is 31.2. The molecule has 1 aromatic rings. The molecule has 1 rings (SSSR count). The molecule has 4 heteroatoms. The largest absolute Gasteiger partial charge is 0.380 e. The van der Waals surface area contributed by atoms with E-state index in [4.69, 9.17) is 13.8 Å². The van der Waals surface area contributed by atoms with Gasteiger partial charge in [-0.2, -0.15) is 0 Å². The summed E-state index contributed by atoms with van der Waals surface area (Å²) in [6, 6.07) is 8.12. The van der Waals surface area contributed by atoms with E-state index in [0.29, 0.717) is 13.2 Å². The molecule has 0 aliphatic rings. The maximum absolute atomic E-state index is 5.63. The van der Waals surface area contributed by atoms with Gasteiger partial charge in [0.2, 0.25) is 0 Å². The molecule has 0 fully saturated rings. The van der Waals surface area contributed by atoms with E-state index in [2.05, 4.69) is 12.4 Å². The molecule has 1 atom stereocenters. The number of rotatable bonds is 6. The van der Waals surface area contributed by atoms with E-state index in [1.54, 1.807) is 14.2 Å². The second-order valence-corrected chi connectivity index (χ2v) is 6.37. The zero-order valence-electron chi connectivity index (χ0n) is 10.1. The fraction of sp³-hybridized carbons (Fsp3) is 0.417. The molecular weight excluding hydrogens is 223 g/mol. The van der Waals surface area contributed by atoms with Crippen LogP contribution in [0.3, 0.4) is 0 Å². The van der Waals surface area contributed by atoms with Gasteiger partial charge in [-0.1, -0.05) is 30.6 Å². The first-order valence-corrected chi connectivity index (χ1v) is 7.31. The van der Waals surface area contributed by atoms with E-state index in [-0.39, 0.29) is 0 Å². The summed E-state index contributed by atoms with van der Waals surface area (Å²) in [5, 5.41) is 0. The number of hydrogen-bond acceptors (Lipinski definition) is 3. The van der Waals surface area contributed by atoms with Gasteiger partial charge in [-0.25, -0.2) is 0 Å². The Bertz CT molecular complexity index is 376. The maximum atomic E-state index is 5.63. The van der Waals surface area contributed by atoms with Gasteiger partial charge in [-0.3, -0.25) is 0 Å². The minimum Gasteiger partial charge on any atom is -0.380 e. The normalized spacial score (nSPS) is 14.7. The summed E-state index contributed by atoms with van der Waals surface area (Å²) in [6.07, 6.45) is 3.90. The fourth-order valence-corrected chi connectivity index (χ4v) is 1.77. The summed E-state index contributed by atoms with van der Waals surface area (Å²) in [7, 11) is 1.41. The van der Waals surface area contributed by atoms with Crippen LogP contribution in [0.1, 0.15) is 11.1 Å². The molecule has 0 amide bonds. The summed E-state index contributed by atoms with van der Waals surface area (Å²) in [6.45, 7) is 3.04. The van der Waals surface area contributed by atoms with Gasteiger partial charge in [0.15, 0.2) is 0 Å². The topological polar surface area (TPSA) is 27.7 Å². The third-order valence-corrected chi connectivity index (χ3v) is 3.64. The van der Waals surface area contributed by atoms with E-state index in [1.807, 2.05) is 24.9 Å². The molecule has 0 radical (unpaired) electrons. The van der Waals surface area contributed by atoms with Crippen molar-refractivity contribution in [3.05, 3.63) is 35.4 Å². The Labute approximate surface area is 97.5 Å². The Kier molecular flexibility index (Phi) is 5.23. The number of hydrogen-bond donors (Lipinski definition) is 0. The van der Waals surface area contributed by atoms with E-state index < -0.39 is 7.34 Å². The van der Waals surface area contributed by atoms with Gasteiger partial charge >= 0.3 is 0 Å². The lowest BCUT2D eigenvalue weighted by Gasteiger charge is -2.17. The van der Waals surface area contributed by atoms with Gasteiger partial charge < -0.3 is 13.8 Å². The molecule has 0 aliphatic carbocycles. The Hall–Kier alpha value is -0.600. The van der Waals surface area contributed by atoms with Crippen LogP contribution >= 0.6 is 7.34 Å². The van der Waals surface area contributed by atoms with Gasteiger partial charge in [-0.15, -0.1) is 0 Å². The SMILES string of the molecule is C=P(C)(OC)OCc1cccc(COC)c1. The first kappa shape index (κ1) is 13.5. The maximum Gasteiger partial charge on any atom is 0.114 e. The molecule has 0 aromatic heterocycles. The van der Waals surface area contributed by atoms with Crippen molar-refractivity contribution >= 4 is 13.6 Å². The summed E-state index contributed by atoms with van der Waals surface area (Å²) in [5.41, 5.74) is 2.26. The Morgan fingerprint density at radius 1 is 1.19 bits per heavy atom. The van der Waals surface area contributed by atoms with E-state index >= 15 is 0 Å². The third kappa shape index (κ3) is 4.50. The molecule has 0 bridgehead atoms. The molecule has 0 spiro atoms. The van der Waals surface area contributed by atoms with Crippen LogP contribution in [0.15, 0.2) is 24.3 Å². The monoisotopic (exact) mass is 242 g/mol. The van der Waals surface area contributed by atoms with Crippen LogP contribution in [0, 0.1) is 0 Å². The van der Waals surface area contributed by atoms with Gasteiger partial charge in [0, 0.05) is 20.9 Å². The summed E-state index contributed by atoms with van der Waals surface area (Å²) < 4.78 is 15.9. The van der Waals surface area contributed by atoms with Gasteiger partial charge in [0.1, 0.15) is 7.34 Å². The molecule has 0 heterocycles. The van der Waals surface area contributed by atoms with Crippen LogP contribution in [0.4, 0.5) is 0 Å². The van der Waals surface area contributed by atoms with Crippen molar-refractivity contribution in [3.8, 4) is 0 Å². The average Bonchev–Trinajstić information content (AvgIpc) is 2.28. The standard InChI is InChI=1S/C12H19O3P/c1-13-9-11-6-5-7-12(8-11)10-15-16(3,4)14-2/h5-8H,3,9-10H2,1-2,4H3. The third-order valence-electron chi connectivity index (χ3n) is 2.19. The van der Waals surface area contributed by atoms with Crippen LogP contribution in [0.5, 0.6) is 0 Å². The second kappa shape index (κ2) is 6.21. The first-order valence-electron chi connectivity index (χ1n) is 5.05. The van der Waals surface area contributed by atoms with Crippen LogP contribution in [0.2, 0.25) is 0 Å². The quantitative estimate of drug-likeness (QED) is 0.718. The lowest BCUT2D eigenvalue weighted by molar-refractivity contribution is 0.184. The number of benzene rings is 1. The van der Waals surface area contributed by atoms with Gasteiger partial charge in [0.25, 0.3) is 0 Å². The van der Waals surface area contributed by atoms with Crippen molar-refractivity contribution in [1.29, 1.82) is 0 Å². The average molecular weight is 242 g/mol. The fourth-order valence-electron chi connectivity index (χ4n) is 1.24. The summed E-state index contributed by atoms with van der Waals surface area (Å²) >= 11 is 0. The molecule has 3 nitrogen and oxygen atoms in total. The molecule has 0 saturated carbocycles. The van der Waals surface area contributed by atoms with E-state index in [9.17, 15) is 0 Å². The minimum absolute atomic E-state index is 0.527. The van der Waals surface area contributed by atoms with Crippen LogP contribution < -0.4 is 0 Å². The summed E-state index contributed by atoms with van der Waals surface area (Å²) in [4.78, 5) is 0. The van der Waals surface area contributed by atoms with Crippen LogP contribution in [-0.2, 0) is 27.0 Å². The predicted molar refractivity (Wildman–Crippen MR) is 68.9 cm³/mol. The van der Waals surface area contributed by atoms with Crippen molar-refractivity contribution in [2.45, 2.75) is 13.2 Å². The predicted octanol–water partition coefficient (Wildman–Crippen LogP) is 2.91. The van der Waals surface area contributed by atoms with Gasteiger partial charge in [-0.05, 0) is 11.1 Å². The zero-order chi connectivity index (χ0) is 12.0. The Morgan fingerprint density at radius 2 is 1.81 bits per heavy atom. The highest BCUT2D eigenvalue weighted by molar-refractivity contribution is 7.63. The minimum atomic E-state index is -1.90. The molecule has 0 saturated heterocycles. The molecule has 90 valence electrons. The van der Waals surface area contributed by atoms with Crippen molar-refractivity contribution in [1.82, 2.24) is 0 Å². The second-order valence-electron chi connectivity index (χ2n) is 3.72. The number of methoxy groups -OCH3 is 1. The highest BCUT2D eigenvalue weighted by Crippen LogP contribution is 2.42. The Morgan fingerprint density at radius 3 is 2.38 bits per heavy atom. The molecule has 0 aliphatic heterocycles. The number of ether oxygens (including phenoxy) is 1. The van der Waals surface area contributed by atoms with Crippen LogP contribution in [0.25, 0.3) is 0 Å². The highest BCUT2D eigenvalue weighted by Gasteiger charge is 2.06. The lowest BCUT2D eigenvalue weighted by atomic mass is 10.1. The molecule has 1 aromatic carbocycles.